The van der Waals surface area contributed by atoms with Gasteiger partial charge in [0, 0.05) is 12.1 Å². The first-order valence-electron chi connectivity index (χ1n) is 6.85. The predicted octanol–water partition coefficient (Wildman–Crippen LogP) is 2.39. The van der Waals surface area contributed by atoms with E-state index < -0.39 is 0 Å². The van der Waals surface area contributed by atoms with Crippen LogP contribution < -0.4 is 10.6 Å². The van der Waals surface area contributed by atoms with Crippen LogP contribution in [0.15, 0.2) is 24.3 Å². The molecule has 1 unspecified atom stereocenters. The molecule has 0 bridgehead atoms. The summed E-state index contributed by atoms with van der Waals surface area (Å²) in [6.07, 6.45) is 1.65. The molecule has 1 amide bonds. The van der Waals surface area contributed by atoms with Gasteiger partial charge in [0.1, 0.15) is 5.82 Å². The Bertz CT molecular complexity index is 455. The number of hydrogen-bond donors (Lipinski definition) is 2. The van der Waals surface area contributed by atoms with Crippen LogP contribution in [0.25, 0.3) is 0 Å². The third-order valence-corrected chi connectivity index (χ3v) is 4.12. The molecule has 1 fully saturated rings. The van der Waals surface area contributed by atoms with Crippen molar-refractivity contribution < 1.29 is 9.18 Å². The van der Waals surface area contributed by atoms with Crippen LogP contribution >= 0.6 is 0 Å². The molecule has 2 N–H and O–H groups in total. The average Bonchev–Trinajstić information content (AvgIpc) is 2.89. The molecule has 104 valence electrons. The quantitative estimate of drug-likeness (QED) is 0.876. The number of amides is 1. The maximum absolute atomic E-state index is 13.7. The Morgan fingerprint density at radius 3 is 2.84 bits per heavy atom. The fourth-order valence-electron chi connectivity index (χ4n) is 2.65. The third-order valence-electron chi connectivity index (χ3n) is 4.12. The summed E-state index contributed by atoms with van der Waals surface area (Å²) in [5.41, 5.74) is 0.201. The molecule has 4 heteroatoms. The number of nitrogens with one attached hydrogen (secondary N) is 2. The van der Waals surface area contributed by atoms with E-state index in [0.29, 0.717) is 12.1 Å². The van der Waals surface area contributed by atoms with Gasteiger partial charge < -0.3 is 10.6 Å². The zero-order valence-corrected chi connectivity index (χ0v) is 11.5. The van der Waals surface area contributed by atoms with Gasteiger partial charge in [0.2, 0.25) is 5.91 Å². The smallest absolute Gasteiger partial charge is 0.228 e. The lowest BCUT2D eigenvalue weighted by molar-refractivity contribution is -0.131. The molecule has 2 atom stereocenters. The Morgan fingerprint density at radius 1 is 1.53 bits per heavy atom. The fraction of sp³-hybridized carbons (Fsp3) is 0.533. The van der Waals surface area contributed by atoms with E-state index in [2.05, 4.69) is 10.6 Å². The maximum Gasteiger partial charge on any atom is 0.228 e. The van der Waals surface area contributed by atoms with Crippen molar-refractivity contribution in [3.63, 3.8) is 0 Å². The molecule has 1 aromatic rings. The lowest BCUT2D eigenvalue weighted by atomic mass is 9.83. The number of carbonyl (C=O) groups excluding carboxylic acids is 1. The first kappa shape index (κ1) is 14.0. The zero-order chi connectivity index (χ0) is 13.9. The second-order valence-corrected chi connectivity index (χ2v) is 5.28. The van der Waals surface area contributed by atoms with Crippen LogP contribution in [0, 0.1) is 11.2 Å². The fourth-order valence-corrected chi connectivity index (χ4v) is 2.65. The SMILES string of the molecule is CCC1(C(=O)N[C@H](C)c2ccccc2F)CCNC1. The van der Waals surface area contributed by atoms with Crippen molar-refractivity contribution in [3.05, 3.63) is 35.6 Å². The van der Waals surface area contributed by atoms with Crippen LogP contribution in [-0.2, 0) is 4.79 Å². The van der Waals surface area contributed by atoms with Gasteiger partial charge in [-0.1, -0.05) is 25.1 Å². The number of carbonyl (C=O) groups is 1. The van der Waals surface area contributed by atoms with Gasteiger partial charge in [-0.15, -0.1) is 0 Å². The van der Waals surface area contributed by atoms with Crippen molar-refractivity contribution in [1.29, 1.82) is 0 Å². The minimum atomic E-state index is -0.334. The summed E-state index contributed by atoms with van der Waals surface area (Å²) in [7, 11) is 0. The van der Waals surface area contributed by atoms with Gasteiger partial charge in [-0.25, -0.2) is 4.39 Å². The van der Waals surface area contributed by atoms with Crippen LogP contribution in [0.3, 0.4) is 0 Å². The van der Waals surface area contributed by atoms with Crippen molar-refractivity contribution >= 4 is 5.91 Å². The molecule has 1 saturated heterocycles. The highest BCUT2D eigenvalue weighted by atomic mass is 19.1. The van der Waals surface area contributed by atoms with Gasteiger partial charge in [-0.05, 0) is 32.4 Å². The molecule has 0 spiro atoms. The van der Waals surface area contributed by atoms with Crippen LogP contribution in [0.5, 0.6) is 0 Å². The summed E-state index contributed by atoms with van der Waals surface area (Å²) in [5, 5.41) is 6.19. The average molecular weight is 264 g/mol. The van der Waals surface area contributed by atoms with E-state index in [9.17, 15) is 9.18 Å². The van der Waals surface area contributed by atoms with Crippen molar-refractivity contribution in [2.45, 2.75) is 32.7 Å². The largest absolute Gasteiger partial charge is 0.349 e. The van der Waals surface area contributed by atoms with E-state index in [1.54, 1.807) is 18.2 Å². The molecule has 1 heterocycles. The highest BCUT2D eigenvalue weighted by molar-refractivity contribution is 5.83. The minimum absolute atomic E-state index is 0.0238. The molecule has 0 aliphatic carbocycles. The van der Waals surface area contributed by atoms with Crippen molar-refractivity contribution in [2.24, 2.45) is 5.41 Å². The predicted molar refractivity (Wildman–Crippen MR) is 73.2 cm³/mol. The Kier molecular flexibility index (Phi) is 4.20. The summed E-state index contributed by atoms with van der Waals surface area (Å²) in [6, 6.07) is 6.27. The summed E-state index contributed by atoms with van der Waals surface area (Å²) in [5.74, 6) is -0.249. The van der Waals surface area contributed by atoms with Gasteiger partial charge in [0.15, 0.2) is 0 Å². The molecule has 0 saturated carbocycles. The molecule has 0 radical (unpaired) electrons. The number of hydrogen-bond acceptors (Lipinski definition) is 2. The normalized spacial score (nSPS) is 24.2. The van der Waals surface area contributed by atoms with Crippen molar-refractivity contribution in [3.8, 4) is 0 Å². The van der Waals surface area contributed by atoms with E-state index in [1.807, 2.05) is 13.8 Å². The van der Waals surface area contributed by atoms with Crippen molar-refractivity contribution in [1.82, 2.24) is 10.6 Å². The van der Waals surface area contributed by atoms with Crippen LogP contribution in [-0.4, -0.2) is 19.0 Å². The standard InChI is InChI=1S/C15H21FN2O/c1-3-15(8-9-17-10-15)14(19)18-11(2)12-6-4-5-7-13(12)16/h4-7,11,17H,3,8-10H2,1-2H3,(H,18,19)/t11-,15?/m1/s1. The highest BCUT2D eigenvalue weighted by Crippen LogP contribution is 2.30. The van der Waals surface area contributed by atoms with E-state index in [4.69, 9.17) is 0 Å². The van der Waals surface area contributed by atoms with Gasteiger partial charge in [0.05, 0.1) is 11.5 Å². The lowest BCUT2D eigenvalue weighted by Gasteiger charge is -2.27. The number of benzene rings is 1. The maximum atomic E-state index is 13.7. The van der Waals surface area contributed by atoms with E-state index in [0.717, 1.165) is 19.4 Å². The Morgan fingerprint density at radius 2 is 2.26 bits per heavy atom. The second-order valence-electron chi connectivity index (χ2n) is 5.28. The zero-order valence-electron chi connectivity index (χ0n) is 11.5. The number of halogens is 1. The molecule has 1 aliphatic heterocycles. The van der Waals surface area contributed by atoms with Gasteiger partial charge in [0.25, 0.3) is 0 Å². The van der Waals surface area contributed by atoms with Crippen LogP contribution in [0.4, 0.5) is 4.39 Å². The van der Waals surface area contributed by atoms with E-state index in [1.165, 1.54) is 6.07 Å². The molecule has 3 nitrogen and oxygen atoms in total. The Hall–Kier alpha value is -1.42. The first-order valence-corrected chi connectivity index (χ1v) is 6.85. The van der Waals surface area contributed by atoms with E-state index >= 15 is 0 Å². The summed E-state index contributed by atoms with van der Waals surface area (Å²) >= 11 is 0. The molecular formula is C15H21FN2O. The third kappa shape index (κ3) is 2.78. The van der Waals surface area contributed by atoms with Gasteiger partial charge in [-0.3, -0.25) is 4.79 Å². The Balaban J connectivity index is 2.08. The van der Waals surface area contributed by atoms with Crippen LogP contribution in [0.2, 0.25) is 0 Å². The molecule has 1 aliphatic rings. The lowest BCUT2D eigenvalue weighted by Crippen LogP contribution is -2.43. The summed E-state index contributed by atoms with van der Waals surface area (Å²) in [6.45, 7) is 5.43. The summed E-state index contributed by atoms with van der Waals surface area (Å²) < 4.78 is 13.7. The van der Waals surface area contributed by atoms with Gasteiger partial charge in [-0.2, -0.15) is 0 Å². The topological polar surface area (TPSA) is 41.1 Å². The number of rotatable bonds is 4. The molecule has 0 aromatic heterocycles. The molecule has 19 heavy (non-hydrogen) atoms. The van der Waals surface area contributed by atoms with Gasteiger partial charge >= 0.3 is 0 Å². The minimum Gasteiger partial charge on any atom is -0.349 e. The highest BCUT2D eigenvalue weighted by Gasteiger charge is 2.39. The molecule has 2 rings (SSSR count). The first-order chi connectivity index (χ1) is 9.09. The monoisotopic (exact) mass is 264 g/mol. The van der Waals surface area contributed by atoms with E-state index in [-0.39, 0.29) is 23.2 Å². The molecular weight excluding hydrogens is 243 g/mol. The molecule has 1 aromatic carbocycles. The van der Waals surface area contributed by atoms with Crippen LogP contribution in [0.1, 0.15) is 38.3 Å². The Labute approximate surface area is 113 Å². The van der Waals surface area contributed by atoms with Crippen molar-refractivity contribution in [2.75, 3.05) is 13.1 Å². The second kappa shape index (κ2) is 5.70. The summed E-state index contributed by atoms with van der Waals surface area (Å²) in [4.78, 5) is 12.4.